The number of hydrogen-bond acceptors (Lipinski definition) is 4. The summed E-state index contributed by atoms with van der Waals surface area (Å²) >= 11 is 1.28. The lowest BCUT2D eigenvalue weighted by atomic mass is 10.1. The van der Waals surface area contributed by atoms with Crippen molar-refractivity contribution in [2.45, 2.75) is 25.8 Å². The average molecular weight is 361 g/mol. The molecule has 0 aliphatic carbocycles. The summed E-state index contributed by atoms with van der Waals surface area (Å²) in [6, 6.07) is 15.8. The van der Waals surface area contributed by atoms with E-state index in [-0.39, 0.29) is 11.7 Å². The molecule has 0 aliphatic heterocycles. The number of anilines is 1. The van der Waals surface area contributed by atoms with Crippen LogP contribution in [0.25, 0.3) is 10.9 Å². The van der Waals surface area contributed by atoms with Crippen LogP contribution in [0, 0.1) is 32.1 Å². The van der Waals surface area contributed by atoms with Crippen LogP contribution in [-0.4, -0.2) is 16.6 Å². The summed E-state index contributed by atoms with van der Waals surface area (Å²) in [4.78, 5) is 16.8. The van der Waals surface area contributed by atoms with Crippen LogP contribution in [0.4, 0.5) is 5.69 Å². The summed E-state index contributed by atoms with van der Waals surface area (Å²) in [5, 5.41) is 13.8. The minimum atomic E-state index is -0.120. The van der Waals surface area contributed by atoms with Gasteiger partial charge in [0.2, 0.25) is 5.91 Å². The highest BCUT2D eigenvalue weighted by molar-refractivity contribution is 8.00. The average Bonchev–Trinajstić information content (AvgIpc) is 2.61. The molecule has 0 radical (unpaired) electrons. The Morgan fingerprint density at radius 3 is 2.54 bits per heavy atom. The molecule has 0 unspecified atom stereocenters. The second-order valence-electron chi connectivity index (χ2n) is 6.31. The number of carbonyl (C=O) groups excluding carboxylic acids is 1. The lowest BCUT2D eigenvalue weighted by molar-refractivity contribution is -0.113. The van der Waals surface area contributed by atoms with Gasteiger partial charge in [-0.1, -0.05) is 41.1 Å². The largest absolute Gasteiger partial charge is 0.325 e. The van der Waals surface area contributed by atoms with Crippen LogP contribution in [0.2, 0.25) is 0 Å². The van der Waals surface area contributed by atoms with Gasteiger partial charge in [0.15, 0.2) is 0 Å². The summed E-state index contributed by atoms with van der Waals surface area (Å²) in [7, 11) is 0. The summed E-state index contributed by atoms with van der Waals surface area (Å²) < 4.78 is 0. The molecule has 1 amide bonds. The van der Waals surface area contributed by atoms with E-state index in [0.29, 0.717) is 10.6 Å². The highest BCUT2D eigenvalue weighted by Gasteiger charge is 2.12. The number of nitrogens with zero attached hydrogens (tertiary/aromatic N) is 2. The molecule has 0 saturated heterocycles. The third kappa shape index (κ3) is 4.04. The molecule has 1 heterocycles. The normalized spacial score (nSPS) is 10.5. The molecule has 0 saturated carbocycles. The Bertz CT molecular complexity index is 1020. The molecular formula is C21H19N3OS. The number of rotatable bonds is 4. The monoisotopic (exact) mass is 361 g/mol. The van der Waals surface area contributed by atoms with Crippen LogP contribution in [-0.2, 0) is 4.79 Å². The Hall–Kier alpha value is -2.84. The lowest BCUT2D eigenvalue weighted by Crippen LogP contribution is -2.14. The second kappa shape index (κ2) is 7.59. The molecule has 0 atom stereocenters. The smallest absolute Gasteiger partial charge is 0.234 e. The van der Waals surface area contributed by atoms with E-state index in [0.717, 1.165) is 33.3 Å². The molecule has 0 spiro atoms. The van der Waals surface area contributed by atoms with Gasteiger partial charge in [-0.15, -0.1) is 0 Å². The van der Waals surface area contributed by atoms with Crippen LogP contribution >= 0.6 is 11.8 Å². The Balaban J connectivity index is 1.78. The van der Waals surface area contributed by atoms with E-state index < -0.39 is 0 Å². The van der Waals surface area contributed by atoms with Crippen molar-refractivity contribution >= 4 is 34.3 Å². The van der Waals surface area contributed by atoms with Gasteiger partial charge in [0.05, 0.1) is 16.8 Å². The number of aryl methyl sites for hydroxylation is 3. The first-order valence-electron chi connectivity index (χ1n) is 8.27. The second-order valence-corrected chi connectivity index (χ2v) is 7.27. The molecule has 2 aromatic carbocycles. The third-order valence-corrected chi connectivity index (χ3v) is 5.00. The first-order valence-corrected chi connectivity index (χ1v) is 9.26. The number of nitrogens with one attached hydrogen (secondary N) is 1. The van der Waals surface area contributed by atoms with Crippen LogP contribution < -0.4 is 5.32 Å². The number of nitriles is 1. The Morgan fingerprint density at radius 2 is 1.85 bits per heavy atom. The third-order valence-electron chi connectivity index (χ3n) is 4.01. The van der Waals surface area contributed by atoms with Crippen molar-refractivity contribution in [3.05, 3.63) is 64.7 Å². The molecule has 4 nitrogen and oxygen atoms in total. The van der Waals surface area contributed by atoms with E-state index in [4.69, 9.17) is 0 Å². The van der Waals surface area contributed by atoms with E-state index >= 15 is 0 Å². The SMILES string of the molecule is Cc1ccc(NC(=O)CSc2nc3c(C)cc(C)cc3cc2C#N)cc1. The van der Waals surface area contributed by atoms with Gasteiger partial charge in [-0.3, -0.25) is 4.79 Å². The predicted molar refractivity (Wildman–Crippen MR) is 106 cm³/mol. The molecule has 0 aliphatic rings. The number of amides is 1. The fourth-order valence-corrected chi connectivity index (χ4v) is 3.55. The number of carbonyl (C=O) groups is 1. The molecular weight excluding hydrogens is 342 g/mol. The van der Waals surface area contributed by atoms with Crippen molar-refractivity contribution in [3.8, 4) is 6.07 Å². The van der Waals surface area contributed by atoms with E-state index in [9.17, 15) is 10.1 Å². The van der Waals surface area contributed by atoms with Crippen molar-refractivity contribution in [1.29, 1.82) is 5.26 Å². The molecule has 130 valence electrons. The number of aromatic nitrogens is 1. The zero-order valence-corrected chi connectivity index (χ0v) is 15.8. The molecule has 3 aromatic rings. The molecule has 5 heteroatoms. The fraction of sp³-hybridized carbons (Fsp3) is 0.190. The standard InChI is InChI=1S/C21H19N3OS/c1-13-4-6-18(7-5-13)23-19(25)12-26-21-17(11-22)10-16-9-14(2)8-15(3)20(16)24-21/h4-10H,12H2,1-3H3,(H,23,25). The predicted octanol–water partition coefficient (Wildman–Crippen LogP) is 4.76. The summed E-state index contributed by atoms with van der Waals surface area (Å²) in [5.41, 5.74) is 5.47. The van der Waals surface area contributed by atoms with Gasteiger partial charge in [-0.05, 0) is 50.6 Å². The van der Waals surface area contributed by atoms with Gasteiger partial charge in [-0.25, -0.2) is 4.98 Å². The number of benzene rings is 2. The van der Waals surface area contributed by atoms with Crippen molar-refractivity contribution in [2.24, 2.45) is 0 Å². The van der Waals surface area contributed by atoms with Crippen LogP contribution in [0.5, 0.6) is 0 Å². The highest BCUT2D eigenvalue weighted by atomic mass is 32.2. The summed E-state index contributed by atoms with van der Waals surface area (Å²) in [6.07, 6.45) is 0. The molecule has 3 rings (SSSR count). The van der Waals surface area contributed by atoms with Crippen LogP contribution in [0.15, 0.2) is 47.5 Å². The Labute approximate surface area is 157 Å². The van der Waals surface area contributed by atoms with Crippen molar-refractivity contribution in [2.75, 3.05) is 11.1 Å². The topological polar surface area (TPSA) is 65.8 Å². The number of fused-ring (bicyclic) bond motifs is 1. The number of thioether (sulfide) groups is 1. The van der Waals surface area contributed by atoms with Crippen LogP contribution in [0.1, 0.15) is 22.3 Å². The molecule has 1 N–H and O–H groups in total. The zero-order valence-electron chi connectivity index (χ0n) is 15.0. The maximum absolute atomic E-state index is 12.2. The Kier molecular flexibility index (Phi) is 5.24. The molecule has 0 fully saturated rings. The van der Waals surface area contributed by atoms with Gasteiger partial charge in [0, 0.05) is 11.1 Å². The van der Waals surface area contributed by atoms with E-state index in [1.165, 1.54) is 11.8 Å². The molecule has 1 aromatic heterocycles. The maximum atomic E-state index is 12.2. The number of hydrogen-bond donors (Lipinski definition) is 1. The lowest BCUT2D eigenvalue weighted by Gasteiger charge is -2.09. The summed E-state index contributed by atoms with van der Waals surface area (Å²) in [5.74, 6) is 0.0802. The van der Waals surface area contributed by atoms with Crippen molar-refractivity contribution in [1.82, 2.24) is 4.98 Å². The first-order chi connectivity index (χ1) is 12.5. The minimum absolute atomic E-state index is 0.120. The van der Waals surface area contributed by atoms with Crippen molar-refractivity contribution < 1.29 is 4.79 Å². The molecule has 0 bridgehead atoms. The van der Waals surface area contributed by atoms with E-state index in [1.807, 2.05) is 57.2 Å². The zero-order chi connectivity index (χ0) is 18.7. The van der Waals surface area contributed by atoms with E-state index in [2.05, 4.69) is 22.4 Å². The van der Waals surface area contributed by atoms with Crippen LogP contribution in [0.3, 0.4) is 0 Å². The van der Waals surface area contributed by atoms with Gasteiger partial charge in [0.25, 0.3) is 0 Å². The minimum Gasteiger partial charge on any atom is -0.325 e. The fourth-order valence-electron chi connectivity index (χ4n) is 2.79. The molecule has 26 heavy (non-hydrogen) atoms. The van der Waals surface area contributed by atoms with Crippen molar-refractivity contribution in [3.63, 3.8) is 0 Å². The first kappa shape index (κ1) is 18.0. The van der Waals surface area contributed by atoms with Gasteiger partial charge >= 0.3 is 0 Å². The maximum Gasteiger partial charge on any atom is 0.234 e. The summed E-state index contributed by atoms with van der Waals surface area (Å²) in [6.45, 7) is 6.03. The van der Waals surface area contributed by atoms with Gasteiger partial charge < -0.3 is 5.32 Å². The highest BCUT2D eigenvalue weighted by Crippen LogP contribution is 2.27. The van der Waals surface area contributed by atoms with Gasteiger partial charge in [-0.2, -0.15) is 5.26 Å². The number of pyridine rings is 1. The van der Waals surface area contributed by atoms with Gasteiger partial charge in [0.1, 0.15) is 11.1 Å². The van der Waals surface area contributed by atoms with E-state index in [1.54, 1.807) is 0 Å². The quantitative estimate of drug-likeness (QED) is 0.680. The Morgan fingerprint density at radius 1 is 1.12 bits per heavy atom.